The van der Waals surface area contributed by atoms with E-state index in [2.05, 4.69) is 5.10 Å². The maximum atomic E-state index is 9.81. The zero-order valence-electron chi connectivity index (χ0n) is 14.2. The monoisotopic (exact) mass is 336 g/mol. The van der Waals surface area contributed by atoms with Crippen molar-refractivity contribution in [2.45, 2.75) is 26.5 Å². The van der Waals surface area contributed by atoms with Crippen molar-refractivity contribution < 1.29 is 14.8 Å². The number of rotatable bonds is 7. The van der Waals surface area contributed by atoms with E-state index >= 15 is 0 Å². The maximum absolute atomic E-state index is 9.81. The zero-order chi connectivity index (χ0) is 17.6. The number of hydrogen-bond donors (Lipinski definition) is 2. The van der Waals surface area contributed by atoms with Crippen molar-refractivity contribution in [3.63, 3.8) is 0 Å². The minimum atomic E-state index is -1.64. The van der Waals surface area contributed by atoms with E-state index in [1.54, 1.807) is 4.68 Å². The van der Waals surface area contributed by atoms with Crippen molar-refractivity contribution in [2.75, 3.05) is 0 Å². The summed E-state index contributed by atoms with van der Waals surface area (Å²) in [7, 11) is -1.64. The molecule has 0 radical (unpaired) electrons. The van der Waals surface area contributed by atoms with Crippen LogP contribution in [0.2, 0.25) is 0 Å². The summed E-state index contributed by atoms with van der Waals surface area (Å²) in [5, 5.41) is 24.0. The second kappa shape index (κ2) is 8.01. The van der Waals surface area contributed by atoms with Crippen LogP contribution in [-0.4, -0.2) is 26.9 Å². The van der Waals surface area contributed by atoms with Crippen LogP contribution in [-0.2, 0) is 19.6 Å². The van der Waals surface area contributed by atoms with E-state index in [9.17, 15) is 10.0 Å². The van der Waals surface area contributed by atoms with Gasteiger partial charge in [0.15, 0.2) is 5.75 Å². The molecule has 2 N–H and O–H groups in total. The molecule has 3 aromatic rings. The van der Waals surface area contributed by atoms with Gasteiger partial charge in [-0.25, -0.2) is 0 Å². The standard InChI is InChI=1S/C19H21BN2O3/c1-15-18(25-14-17-10-6-3-7-11-17)19(20(23)24)22(21-15)13-12-16-8-4-2-5-9-16/h2-11,23-24H,12-14H2,1H3. The van der Waals surface area contributed by atoms with Gasteiger partial charge in [-0.15, -0.1) is 0 Å². The molecule has 0 atom stereocenters. The van der Waals surface area contributed by atoms with Gasteiger partial charge in [0.25, 0.3) is 0 Å². The molecular weight excluding hydrogens is 315 g/mol. The molecule has 0 unspecified atom stereocenters. The van der Waals surface area contributed by atoms with Crippen LogP contribution in [0.3, 0.4) is 0 Å². The minimum Gasteiger partial charge on any atom is -0.486 e. The third-order valence-corrected chi connectivity index (χ3v) is 4.04. The van der Waals surface area contributed by atoms with Crippen molar-refractivity contribution in [1.29, 1.82) is 0 Å². The topological polar surface area (TPSA) is 67.5 Å². The molecule has 0 aliphatic rings. The Morgan fingerprint density at radius 3 is 2.16 bits per heavy atom. The predicted octanol–water partition coefficient (Wildman–Crippen LogP) is 1.69. The molecule has 0 saturated carbocycles. The molecule has 5 nitrogen and oxygen atoms in total. The van der Waals surface area contributed by atoms with E-state index in [-0.39, 0.29) is 0 Å². The molecular formula is C19H21BN2O3. The lowest BCUT2D eigenvalue weighted by molar-refractivity contribution is 0.304. The van der Waals surface area contributed by atoms with Gasteiger partial charge >= 0.3 is 7.12 Å². The molecule has 25 heavy (non-hydrogen) atoms. The first kappa shape index (κ1) is 17.3. The minimum absolute atomic E-state index is 0.296. The highest BCUT2D eigenvalue weighted by Crippen LogP contribution is 2.16. The van der Waals surface area contributed by atoms with Crippen LogP contribution >= 0.6 is 0 Å². The molecule has 0 aliphatic heterocycles. The fourth-order valence-corrected chi connectivity index (χ4v) is 2.79. The fourth-order valence-electron chi connectivity index (χ4n) is 2.79. The highest BCUT2D eigenvalue weighted by Gasteiger charge is 2.26. The summed E-state index contributed by atoms with van der Waals surface area (Å²) in [5.41, 5.74) is 3.12. The summed E-state index contributed by atoms with van der Waals surface area (Å²) in [6, 6.07) is 19.8. The fraction of sp³-hybridized carbons (Fsp3) is 0.211. The Labute approximate surface area is 147 Å². The second-order valence-electron chi connectivity index (χ2n) is 5.91. The van der Waals surface area contributed by atoms with Crippen LogP contribution in [0, 0.1) is 6.92 Å². The normalized spacial score (nSPS) is 10.7. The van der Waals surface area contributed by atoms with Crippen molar-refractivity contribution in [3.8, 4) is 5.75 Å². The van der Waals surface area contributed by atoms with Gasteiger partial charge in [-0.3, -0.25) is 4.68 Å². The molecule has 2 aromatic carbocycles. The SMILES string of the molecule is Cc1nn(CCc2ccccc2)c(B(O)O)c1OCc1ccccc1. The van der Waals surface area contributed by atoms with Crippen molar-refractivity contribution in [2.24, 2.45) is 0 Å². The molecule has 128 valence electrons. The summed E-state index contributed by atoms with van der Waals surface area (Å²) in [5.74, 6) is 0.437. The van der Waals surface area contributed by atoms with E-state index < -0.39 is 7.12 Å². The lowest BCUT2D eigenvalue weighted by Crippen LogP contribution is -2.38. The van der Waals surface area contributed by atoms with Gasteiger partial charge in [-0.1, -0.05) is 60.7 Å². The molecule has 0 spiro atoms. The van der Waals surface area contributed by atoms with Crippen LogP contribution in [0.5, 0.6) is 5.75 Å². The second-order valence-corrected chi connectivity index (χ2v) is 5.91. The first-order valence-corrected chi connectivity index (χ1v) is 8.29. The van der Waals surface area contributed by atoms with Crippen LogP contribution in [0.4, 0.5) is 0 Å². The van der Waals surface area contributed by atoms with Gasteiger partial charge in [0, 0.05) is 6.54 Å². The van der Waals surface area contributed by atoms with Crippen LogP contribution in [0.1, 0.15) is 16.8 Å². The number of benzene rings is 2. The van der Waals surface area contributed by atoms with Gasteiger partial charge < -0.3 is 14.8 Å². The van der Waals surface area contributed by atoms with Crippen molar-refractivity contribution in [3.05, 3.63) is 77.5 Å². The first-order valence-electron chi connectivity index (χ1n) is 8.29. The highest BCUT2D eigenvalue weighted by molar-refractivity contribution is 6.58. The number of ether oxygens (including phenoxy) is 1. The summed E-state index contributed by atoms with van der Waals surface area (Å²) in [6.07, 6.45) is 0.750. The number of aromatic nitrogens is 2. The molecule has 0 aliphatic carbocycles. The Balaban J connectivity index is 1.77. The molecule has 1 aromatic heterocycles. The number of nitrogens with zero attached hydrogens (tertiary/aromatic N) is 2. The van der Waals surface area contributed by atoms with Crippen LogP contribution < -0.4 is 10.3 Å². The van der Waals surface area contributed by atoms with E-state index in [4.69, 9.17) is 4.74 Å². The quantitative estimate of drug-likeness (QED) is 0.645. The lowest BCUT2D eigenvalue weighted by Gasteiger charge is -2.10. The molecule has 0 saturated heterocycles. The Bertz CT molecular complexity index is 804. The van der Waals surface area contributed by atoms with Crippen molar-refractivity contribution in [1.82, 2.24) is 9.78 Å². The molecule has 0 amide bonds. The number of hydrogen-bond acceptors (Lipinski definition) is 4. The summed E-state index contributed by atoms with van der Waals surface area (Å²) in [4.78, 5) is 0. The Morgan fingerprint density at radius 2 is 1.56 bits per heavy atom. The third kappa shape index (κ3) is 4.29. The van der Waals surface area contributed by atoms with E-state index in [1.165, 1.54) is 5.56 Å². The van der Waals surface area contributed by atoms with Gasteiger partial charge in [0.05, 0.1) is 0 Å². The lowest BCUT2D eigenvalue weighted by atomic mass is 9.85. The Kier molecular flexibility index (Phi) is 5.53. The van der Waals surface area contributed by atoms with Gasteiger partial charge in [0.2, 0.25) is 0 Å². The Morgan fingerprint density at radius 1 is 0.960 bits per heavy atom. The molecule has 3 rings (SSSR count). The maximum Gasteiger partial charge on any atom is 0.511 e. The highest BCUT2D eigenvalue weighted by atomic mass is 16.5. The van der Waals surface area contributed by atoms with Gasteiger partial charge in [-0.2, -0.15) is 5.10 Å². The zero-order valence-corrected chi connectivity index (χ0v) is 14.2. The summed E-state index contributed by atoms with van der Waals surface area (Å²) >= 11 is 0. The molecule has 0 bridgehead atoms. The largest absolute Gasteiger partial charge is 0.511 e. The van der Waals surface area contributed by atoms with Crippen molar-refractivity contribution >= 4 is 12.7 Å². The first-order chi connectivity index (χ1) is 12.1. The third-order valence-electron chi connectivity index (χ3n) is 4.04. The predicted molar refractivity (Wildman–Crippen MR) is 97.7 cm³/mol. The van der Waals surface area contributed by atoms with Crippen LogP contribution in [0.15, 0.2) is 60.7 Å². The molecule has 0 fully saturated rings. The average Bonchev–Trinajstić information content (AvgIpc) is 2.95. The molecule has 1 heterocycles. The summed E-state index contributed by atoms with van der Waals surface area (Å²) < 4.78 is 7.46. The van der Waals surface area contributed by atoms with E-state index in [0.717, 1.165) is 12.0 Å². The van der Waals surface area contributed by atoms with Gasteiger partial charge in [-0.05, 0) is 24.5 Å². The van der Waals surface area contributed by atoms with E-state index in [0.29, 0.717) is 30.2 Å². The average molecular weight is 336 g/mol. The summed E-state index contributed by atoms with van der Waals surface area (Å²) in [6.45, 7) is 2.71. The van der Waals surface area contributed by atoms with Crippen LogP contribution in [0.25, 0.3) is 0 Å². The Hall–Kier alpha value is -2.57. The molecule has 6 heteroatoms. The van der Waals surface area contributed by atoms with E-state index in [1.807, 2.05) is 67.6 Å². The smallest absolute Gasteiger partial charge is 0.486 e. The van der Waals surface area contributed by atoms with Gasteiger partial charge in [0.1, 0.15) is 17.9 Å². The number of aryl methyl sites for hydroxylation is 3.